The molecule has 1 aromatic rings. The van der Waals surface area contributed by atoms with Gasteiger partial charge in [-0.2, -0.15) is 0 Å². The molecule has 6 nitrogen and oxygen atoms in total. The molecule has 0 aromatic carbocycles. The lowest BCUT2D eigenvalue weighted by Crippen LogP contribution is -2.36. The molecule has 3 N–H and O–H groups in total. The van der Waals surface area contributed by atoms with Crippen LogP contribution in [0.4, 0.5) is 0 Å². The zero-order valence-corrected chi connectivity index (χ0v) is 11.1. The molecule has 19 heavy (non-hydrogen) atoms. The lowest BCUT2D eigenvalue weighted by atomic mass is 10.1. The Kier molecular flexibility index (Phi) is 3.90. The van der Waals surface area contributed by atoms with Crippen LogP contribution in [0, 0.1) is 0 Å². The molecule has 1 amide bonds. The van der Waals surface area contributed by atoms with Gasteiger partial charge in [-0.25, -0.2) is 0 Å². The molecule has 1 aromatic heterocycles. The number of amides is 1. The van der Waals surface area contributed by atoms with E-state index in [-0.39, 0.29) is 11.9 Å². The number of rotatable bonds is 4. The molecule has 0 spiro atoms. The van der Waals surface area contributed by atoms with Crippen LogP contribution in [0.5, 0.6) is 0 Å². The fraction of sp³-hybridized carbons (Fsp3) is 0.538. The van der Waals surface area contributed by atoms with Gasteiger partial charge in [0.1, 0.15) is 11.7 Å². The van der Waals surface area contributed by atoms with Gasteiger partial charge in [-0.3, -0.25) is 14.5 Å². The number of nitrogens with one attached hydrogen (secondary N) is 2. The molecule has 6 heteroatoms. The van der Waals surface area contributed by atoms with Crippen molar-refractivity contribution in [2.45, 2.75) is 31.8 Å². The van der Waals surface area contributed by atoms with Crippen LogP contribution in [0.15, 0.2) is 12.1 Å². The molecule has 2 rings (SSSR count). The molecule has 0 radical (unpaired) electrons. The molecule has 104 valence electrons. The van der Waals surface area contributed by atoms with Gasteiger partial charge in [-0.15, -0.1) is 0 Å². The van der Waals surface area contributed by atoms with Crippen LogP contribution in [-0.4, -0.2) is 52.5 Å². The van der Waals surface area contributed by atoms with E-state index < -0.39 is 12.0 Å². The Morgan fingerprint density at radius 1 is 1.53 bits per heavy atom. The van der Waals surface area contributed by atoms with E-state index in [1.807, 2.05) is 13.0 Å². The van der Waals surface area contributed by atoms with Gasteiger partial charge >= 0.3 is 5.97 Å². The largest absolute Gasteiger partial charge is 0.480 e. The third-order valence-corrected chi connectivity index (χ3v) is 3.54. The summed E-state index contributed by atoms with van der Waals surface area (Å²) in [6, 6.07) is 3.00. The Morgan fingerprint density at radius 3 is 2.79 bits per heavy atom. The zero-order valence-electron chi connectivity index (χ0n) is 11.1. The normalized spacial score (nSPS) is 23.5. The van der Waals surface area contributed by atoms with E-state index in [4.69, 9.17) is 5.11 Å². The number of aliphatic carboxylic acids is 1. The molecule has 1 aliphatic rings. The van der Waals surface area contributed by atoms with Crippen molar-refractivity contribution in [2.24, 2.45) is 0 Å². The second kappa shape index (κ2) is 5.44. The Labute approximate surface area is 111 Å². The molecular weight excluding hydrogens is 246 g/mol. The highest BCUT2D eigenvalue weighted by molar-refractivity contribution is 5.92. The molecule has 1 saturated heterocycles. The number of carboxylic acid groups (broad SMARTS) is 1. The van der Waals surface area contributed by atoms with Gasteiger partial charge in [-0.1, -0.05) is 6.92 Å². The highest BCUT2D eigenvalue weighted by atomic mass is 16.4. The van der Waals surface area contributed by atoms with E-state index >= 15 is 0 Å². The van der Waals surface area contributed by atoms with Crippen molar-refractivity contribution in [1.29, 1.82) is 0 Å². The predicted octanol–water partition coefficient (Wildman–Crippen LogP) is 0.464. The van der Waals surface area contributed by atoms with Crippen LogP contribution in [-0.2, 0) is 11.2 Å². The number of carbonyl (C=O) groups is 2. The monoisotopic (exact) mass is 265 g/mol. The molecule has 2 heterocycles. The lowest BCUT2D eigenvalue weighted by molar-refractivity contribution is -0.141. The molecular formula is C13H19N3O3. The van der Waals surface area contributed by atoms with E-state index in [2.05, 4.69) is 10.3 Å². The summed E-state index contributed by atoms with van der Waals surface area (Å²) in [5.74, 6) is -1.02. The summed E-state index contributed by atoms with van der Waals surface area (Å²) >= 11 is 0. The predicted molar refractivity (Wildman–Crippen MR) is 70.1 cm³/mol. The standard InChI is InChI=1S/C13H19N3O3/c1-3-8-4-5-10(14-8)12(17)15-9-6-11(13(18)19)16(2)7-9/h4-5,9,11,14H,3,6-7H2,1-2H3,(H,15,17)(H,18,19)/t9-,11-/m0/s1. The van der Waals surface area contributed by atoms with Gasteiger partial charge in [0, 0.05) is 18.3 Å². The first-order valence-corrected chi connectivity index (χ1v) is 6.43. The van der Waals surface area contributed by atoms with E-state index in [0.717, 1.165) is 12.1 Å². The number of likely N-dealkylation sites (tertiary alicyclic amines) is 1. The summed E-state index contributed by atoms with van der Waals surface area (Å²) < 4.78 is 0. The highest BCUT2D eigenvalue weighted by Crippen LogP contribution is 2.16. The first-order valence-electron chi connectivity index (χ1n) is 6.43. The van der Waals surface area contributed by atoms with Gasteiger partial charge in [0.2, 0.25) is 0 Å². The number of H-pyrrole nitrogens is 1. The van der Waals surface area contributed by atoms with Crippen LogP contribution in [0.3, 0.4) is 0 Å². The first kappa shape index (κ1) is 13.6. The Bertz CT molecular complexity index is 483. The number of hydrogen-bond acceptors (Lipinski definition) is 3. The van der Waals surface area contributed by atoms with Crippen molar-refractivity contribution in [1.82, 2.24) is 15.2 Å². The number of nitrogens with zero attached hydrogens (tertiary/aromatic N) is 1. The molecule has 0 bridgehead atoms. The molecule has 0 unspecified atom stereocenters. The van der Waals surface area contributed by atoms with Crippen LogP contribution in [0.1, 0.15) is 29.5 Å². The molecule has 1 aliphatic heterocycles. The summed E-state index contributed by atoms with van der Waals surface area (Å²) in [6.07, 6.45) is 1.29. The molecule has 2 atom stereocenters. The first-order chi connectivity index (χ1) is 9.01. The molecule has 0 saturated carbocycles. The van der Waals surface area contributed by atoms with Gasteiger partial charge in [0.25, 0.3) is 5.91 Å². The van der Waals surface area contributed by atoms with Gasteiger partial charge < -0.3 is 15.4 Å². The summed E-state index contributed by atoms with van der Waals surface area (Å²) in [7, 11) is 1.76. The molecule has 0 aliphatic carbocycles. The van der Waals surface area contributed by atoms with Crippen molar-refractivity contribution in [2.75, 3.05) is 13.6 Å². The number of carboxylic acids is 1. The Hall–Kier alpha value is -1.82. The van der Waals surface area contributed by atoms with Crippen molar-refractivity contribution >= 4 is 11.9 Å². The second-order valence-electron chi connectivity index (χ2n) is 4.95. The minimum Gasteiger partial charge on any atom is -0.480 e. The minimum absolute atomic E-state index is 0.119. The quantitative estimate of drug-likeness (QED) is 0.738. The summed E-state index contributed by atoms with van der Waals surface area (Å²) in [4.78, 5) is 27.8. The van der Waals surface area contributed by atoms with Crippen LogP contribution >= 0.6 is 0 Å². The van der Waals surface area contributed by atoms with Crippen LogP contribution < -0.4 is 5.32 Å². The fourth-order valence-electron chi connectivity index (χ4n) is 2.43. The Morgan fingerprint density at radius 2 is 2.26 bits per heavy atom. The van der Waals surface area contributed by atoms with Crippen molar-refractivity contribution < 1.29 is 14.7 Å². The van der Waals surface area contributed by atoms with Crippen LogP contribution in [0.25, 0.3) is 0 Å². The van der Waals surface area contributed by atoms with E-state index in [9.17, 15) is 9.59 Å². The third kappa shape index (κ3) is 2.96. The average molecular weight is 265 g/mol. The van der Waals surface area contributed by atoms with Crippen molar-refractivity contribution in [3.8, 4) is 0 Å². The van der Waals surface area contributed by atoms with Gasteiger partial charge in [-0.05, 0) is 32.0 Å². The van der Waals surface area contributed by atoms with E-state index in [1.165, 1.54) is 0 Å². The Balaban J connectivity index is 1.95. The van der Waals surface area contributed by atoms with Crippen LogP contribution in [0.2, 0.25) is 0 Å². The smallest absolute Gasteiger partial charge is 0.320 e. The number of hydrogen-bond donors (Lipinski definition) is 3. The molecule has 1 fully saturated rings. The number of aryl methyl sites for hydroxylation is 1. The maximum absolute atomic E-state index is 12.0. The maximum Gasteiger partial charge on any atom is 0.320 e. The number of aromatic nitrogens is 1. The average Bonchev–Trinajstić information content (AvgIpc) is 2.95. The number of likely N-dealkylation sites (N-methyl/N-ethyl adjacent to an activating group) is 1. The summed E-state index contributed by atoms with van der Waals surface area (Å²) in [6.45, 7) is 2.57. The van der Waals surface area contributed by atoms with Crippen molar-refractivity contribution in [3.05, 3.63) is 23.5 Å². The van der Waals surface area contributed by atoms with Gasteiger partial charge in [0.15, 0.2) is 0 Å². The zero-order chi connectivity index (χ0) is 14.0. The fourth-order valence-corrected chi connectivity index (χ4v) is 2.43. The summed E-state index contributed by atoms with van der Waals surface area (Å²) in [5, 5.41) is 11.9. The topological polar surface area (TPSA) is 85.4 Å². The number of carbonyl (C=O) groups excluding carboxylic acids is 1. The number of aromatic amines is 1. The summed E-state index contributed by atoms with van der Waals surface area (Å²) in [5.41, 5.74) is 1.54. The third-order valence-electron chi connectivity index (χ3n) is 3.54. The van der Waals surface area contributed by atoms with Gasteiger partial charge in [0.05, 0.1) is 0 Å². The minimum atomic E-state index is -0.840. The highest BCUT2D eigenvalue weighted by Gasteiger charge is 2.35. The lowest BCUT2D eigenvalue weighted by Gasteiger charge is -2.13. The SMILES string of the molecule is CCc1ccc(C(=O)N[C@H]2C[C@@H](C(=O)O)N(C)C2)[nH]1. The van der Waals surface area contributed by atoms with E-state index in [1.54, 1.807) is 18.0 Å². The maximum atomic E-state index is 12.0. The second-order valence-corrected chi connectivity index (χ2v) is 4.95. The van der Waals surface area contributed by atoms with Crippen molar-refractivity contribution in [3.63, 3.8) is 0 Å². The van der Waals surface area contributed by atoms with E-state index in [0.29, 0.717) is 18.7 Å².